The molecular formula is C28H39N7O3. The summed E-state index contributed by atoms with van der Waals surface area (Å²) in [5.74, 6) is 1.47. The summed E-state index contributed by atoms with van der Waals surface area (Å²) in [4.78, 5) is 20.2. The Hall–Kier alpha value is -3.89. The summed E-state index contributed by atoms with van der Waals surface area (Å²) in [6.45, 7) is 6.62. The van der Waals surface area contributed by atoms with Crippen molar-refractivity contribution >= 4 is 39.6 Å². The molecule has 0 radical (unpaired) electrons. The number of ether oxygens (including phenoxy) is 1. The monoisotopic (exact) mass is 521 g/mol. The van der Waals surface area contributed by atoms with Crippen molar-refractivity contribution in [2.75, 3.05) is 37.9 Å². The number of amides is 1. The second-order valence-electron chi connectivity index (χ2n) is 8.87. The first-order valence-corrected chi connectivity index (χ1v) is 13.0. The van der Waals surface area contributed by atoms with Crippen molar-refractivity contribution in [3.8, 4) is 5.75 Å². The van der Waals surface area contributed by atoms with Crippen molar-refractivity contribution in [1.82, 2.24) is 19.9 Å². The molecule has 10 heteroatoms. The Morgan fingerprint density at radius 2 is 1.89 bits per heavy atom. The van der Waals surface area contributed by atoms with Gasteiger partial charge in [0, 0.05) is 43.6 Å². The summed E-state index contributed by atoms with van der Waals surface area (Å²) < 4.78 is 7.92. The van der Waals surface area contributed by atoms with Crippen LogP contribution in [-0.4, -0.2) is 52.4 Å². The summed E-state index contributed by atoms with van der Waals surface area (Å²) in [5, 5.41) is 15.3. The second-order valence-corrected chi connectivity index (χ2v) is 8.87. The van der Waals surface area contributed by atoms with Crippen LogP contribution < -0.4 is 26.8 Å². The summed E-state index contributed by atoms with van der Waals surface area (Å²) in [7, 11) is 1.68. The largest absolute Gasteiger partial charge is 0.496 e. The molecular weight excluding hydrogens is 482 g/mol. The highest BCUT2D eigenvalue weighted by atomic mass is 16.5. The minimum absolute atomic E-state index is 0.250. The Morgan fingerprint density at radius 3 is 2.61 bits per heavy atom. The molecule has 38 heavy (non-hydrogen) atoms. The number of nitrogen functional groups attached to an aromatic ring is 1. The number of nitrogens with one attached hydrogen (secondary N) is 2. The van der Waals surface area contributed by atoms with Gasteiger partial charge in [-0.15, -0.1) is 0 Å². The third-order valence-electron chi connectivity index (χ3n) is 5.99. The van der Waals surface area contributed by atoms with E-state index in [4.69, 9.17) is 21.3 Å². The fourth-order valence-electron chi connectivity index (χ4n) is 4.30. The fraction of sp³-hybridized carbons (Fsp3) is 0.393. The van der Waals surface area contributed by atoms with Gasteiger partial charge in [-0.2, -0.15) is 4.98 Å². The van der Waals surface area contributed by atoms with Gasteiger partial charge in [0.15, 0.2) is 5.82 Å². The van der Waals surface area contributed by atoms with Crippen molar-refractivity contribution in [3.63, 3.8) is 0 Å². The standard InChI is InChI=1S/C26H33N7O2.C2H6O/c1-3-4-12-30-25-24-23(31-26(28)32-25)19-7-5-6-8-20(19)33(24)16-18-14-17(9-10-21(18)35-2)15-29-13-11-22(27)34;1-2-3/h5-10,14,29H,3-4,11-13,15-16H2,1-2H3,(H2,27,34)(H3,28,30,31,32);3H,2H2,1H3. The number of carbonyl (C=O) groups excluding carboxylic acids is 1. The maximum atomic E-state index is 11.0. The Labute approximate surface area is 223 Å². The van der Waals surface area contributed by atoms with E-state index in [-0.39, 0.29) is 18.5 Å². The number of methoxy groups -OCH3 is 1. The zero-order valence-corrected chi connectivity index (χ0v) is 22.5. The number of aromatic nitrogens is 3. The third kappa shape index (κ3) is 7.11. The Kier molecular flexibility index (Phi) is 10.7. The maximum Gasteiger partial charge on any atom is 0.222 e. The lowest BCUT2D eigenvalue weighted by Crippen LogP contribution is -2.21. The van der Waals surface area contributed by atoms with Gasteiger partial charge in [0.2, 0.25) is 11.9 Å². The molecule has 0 aliphatic rings. The average molecular weight is 522 g/mol. The molecule has 4 aromatic rings. The van der Waals surface area contributed by atoms with Crippen molar-refractivity contribution in [2.45, 2.75) is 46.2 Å². The van der Waals surface area contributed by atoms with E-state index in [1.165, 1.54) is 0 Å². The van der Waals surface area contributed by atoms with E-state index in [1.807, 2.05) is 24.3 Å². The number of aliphatic hydroxyl groups excluding tert-OH is 1. The lowest BCUT2D eigenvalue weighted by molar-refractivity contribution is -0.117. The number of anilines is 2. The molecule has 0 aliphatic heterocycles. The zero-order chi connectivity index (χ0) is 27.5. The summed E-state index contributed by atoms with van der Waals surface area (Å²) in [6.07, 6.45) is 2.42. The van der Waals surface area contributed by atoms with Crippen LogP contribution >= 0.6 is 0 Å². The lowest BCUT2D eigenvalue weighted by Gasteiger charge is -2.15. The number of unbranched alkanes of at least 4 members (excludes halogenated alkanes) is 1. The zero-order valence-electron chi connectivity index (χ0n) is 22.5. The van der Waals surface area contributed by atoms with Gasteiger partial charge in [0.05, 0.1) is 19.2 Å². The highest BCUT2D eigenvalue weighted by Gasteiger charge is 2.19. The molecule has 0 fully saturated rings. The third-order valence-corrected chi connectivity index (χ3v) is 5.99. The van der Waals surface area contributed by atoms with Crippen LogP contribution in [0, 0.1) is 0 Å². The molecule has 0 spiro atoms. The number of benzene rings is 2. The van der Waals surface area contributed by atoms with E-state index in [2.05, 4.69) is 50.3 Å². The number of hydrogen-bond acceptors (Lipinski definition) is 8. The van der Waals surface area contributed by atoms with Crippen LogP contribution in [0.5, 0.6) is 5.75 Å². The smallest absolute Gasteiger partial charge is 0.222 e. The molecule has 10 nitrogen and oxygen atoms in total. The number of primary amides is 1. The maximum absolute atomic E-state index is 11.0. The second kappa shape index (κ2) is 14.2. The summed E-state index contributed by atoms with van der Waals surface area (Å²) in [5.41, 5.74) is 16.3. The fourth-order valence-corrected chi connectivity index (χ4v) is 4.30. The number of carbonyl (C=O) groups is 1. The highest BCUT2D eigenvalue weighted by Crippen LogP contribution is 2.34. The topological polar surface area (TPSA) is 153 Å². The van der Waals surface area contributed by atoms with Crippen molar-refractivity contribution in [3.05, 3.63) is 53.6 Å². The van der Waals surface area contributed by atoms with Gasteiger partial charge in [0.1, 0.15) is 16.8 Å². The van der Waals surface area contributed by atoms with Gasteiger partial charge >= 0.3 is 0 Å². The predicted octanol–water partition coefficient (Wildman–Crippen LogP) is 3.40. The first kappa shape index (κ1) is 28.7. The van der Waals surface area contributed by atoms with E-state index < -0.39 is 0 Å². The Balaban J connectivity index is 0.00000127. The van der Waals surface area contributed by atoms with Crippen LogP contribution in [0.4, 0.5) is 11.8 Å². The molecule has 2 heterocycles. The van der Waals surface area contributed by atoms with E-state index in [0.717, 1.165) is 64.0 Å². The number of nitrogens with two attached hydrogens (primary N) is 2. The van der Waals surface area contributed by atoms with Crippen LogP contribution in [0.25, 0.3) is 21.9 Å². The van der Waals surface area contributed by atoms with Crippen LogP contribution in [0.3, 0.4) is 0 Å². The number of fused-ring (bicyclic) bond motifs is 3. The SMILES string of the molecule is CCCCNc1nc(N)nc2c3ccccc3n(Cc3cc(CNCCC(N)=O)ccc3OC)c12.CCO. The molecule has 0 aliphatic carbocycles. The predicted molar refractivity (Wildman–Crippen MR) is 153 cm³/mol. The summed E-state index contributed by atoms with van der Waals surface area (Å²) in [6, 6.07) is 14.3. The molecule has 2 aromatic heterocycles. The van der Waals surface area contributed by atoms with E-state index in [0.29, 0.717) is 26.1 Å². The number of hydrogen-bond donors (Lipinski definition) is 5. The number of aliphatic hydroxyl groups is 1. The molecule has 0 unspecified atom stereocenters. The Bertz CT molecular complexity index is 1350. The van der Waals surface area contributed by atoms with Crippen LogP contribution in [-0.2, 0) is 17.9 Å². The number of para-hydroxylation sites is 1. The van der Waals surface area contributed by atoms with Crippen LogP contribution in [0.2, 0.25) is 0 Å². The molecule has 2 aromatic carbocycles. The minimum atomic E-state index is -0.314. The lowest BCUT2D eigenvalue weighted by atomic mass is 10.1. The normalized spacial score (nSPS) is 10.8. The molecule has 1 amide bonds. The van der Waals surface area contributed by atoms with Crippen molar-refractivity contribution in [2.24, 2.45) is 5.73 Å². The quantitative estimate of drug-likeness (QED) is 0.178. The van der Waals surface area contributed by atoms with Gasteiger partial charge < -0.3 is 36.5 Å². The van der Waals surface area contributed by atoms with Crippen LogP contribution in [0.15, 0.2) is 42.5 Å². The molecule has 204 valence electrons. The first-order chi connectivity index (χ1) is 18.4. The molecule has 0 atom stereocenters. The molecule has 0 saturated heterocycles. The van der Waals surface area contributed by atoms with E-state index in [9.17, 15) is 4.79 Å². The Morgan fingerprint density at radius 1 is 1.13 bits per heavy atom. The van der Waals surface area contributed by atoms with Gasteiger partial charge in [-0.1, -0.05) is 37.6 Å². The van der Waals surface area contributed by atoms with Crippen molar-refractivity contribution in [1.29, 1.82) is 0 Å². The molecule has 4 rings (SSSR count). The first-order valence-electron chi connectivity index (χ1n) is 13.0. The van der Waals surface area contributed by atoms with Crippen LogP contribution in [0.1, 0.15) is 44.2 Å². The van der Waals surface area contributed by atoms with E-state index in [1.54, 1.807) is 14.0 Å². The highest BCUT2D eigenvalue weighted by molar-refractivity contribution is 6.09. The van der Waals surface area contributed by atoms with Gasteiger partial charge in [0.25, 0.3) is 0 Å². The van der Waals surface area contributed by atoms with Crippen molar-refractivity contribution < 1.29 is 14.6 Å². The molecule has 0 saturated carbocycles. The number of nitrogens with zero attached hydrogens (tertiary/aromatic N) is 3. The molecule has 7 N–H and O–H groups in total. The van der Waals surface area contributed by atoms with Gasteiger partial charge in [-0.3, -0.25) is 4.79 Å². The molecule has 0 bridgehead atoms. The van der Waals surface area contributed by atoms with Gasteiger partial charge in [-0.25, -0.2) is 4.98 Å². The minimum Gasteiger partial charge on any atom is -0.496 e. The average Bonchev–Trinajstić information content (AvgIpc) is 3.20. The van der Waals surface area contributed by atoms with E-state index >= 15 is 0 Å². The number of rotatable bonds is 12. The summed E-state index contributed by atoms with van der Waals surface area (Å²) >= 11 is 0. The van der Waals surface area contributed by atoms with Gasteiger partial charge in [-0.05, 0) is 37.1 Å².